The molecule has 1 saturated heterocycles. The second-order valence-corrected chi connectivity index (χ2v) is 7.88. The molecular weight excluding hydrogens is 398 g/mol. The summed E-state index contributed by atoms with van der Waals surface area (Å²) in [7, 11) is 1.96. The Morgan fingerprint density at radius 2 is 2.23 bits per heavy atom. The first kappa shape index (κ1) is 22.5. The van der Waals surface area contributed by atoms with Gasteiger partial charge in [-0.2, -0.15) is 5.26 Å². The molecule has 0 unspecified atom stereocenters. The Morgan fingerprint density at radius 3 is 2.97 bits per heavy atom. The van der Waals surface area contributed by atoms with Gasteiger partial charge >= 0.3 is 5.97 Å². The van der Waals surface area contributed by atoms with Gasteiger partial charge in [-0.25, -0.2) is 9.97 Å². The Hall–Kier alpha value is -3.19. The van der Waals surface area contributed by atoms with Gasteiger partial charge in [-0.3, -0.25) is 14.2 Å². The highest BCUT2D eigenvalue weighted by Gasteiger charge is 2.32. The zero-order chi connectivity index (χ0) is 22.4. The molecule has 0 aliphatic carbocycles. The zero-order valence-corrected chi connectivity index (χ0v) is 18.0. The molecule has 2 N–H and O–H groups in total. The maximum Gasteiger partial charge on any atom is 0.307 e. The van der Waals surface area contributed by atoms with Crippen molar-refractivity contribution in [2.45, 2.75) is 45.4 Å². The summed E-state index contributed by atoms with van der Waals surface area (Å²) >= 11 is 0. The molecule has 1 amide bonds. The number of amides is 1. The van der Waals surface area contributed by atoms with E-state index in [-0.39, 0.29) is 31.1 Å². The largest absolute Gasteiger partial charge is 0.444 e. The first-order valence-electron chi connectivity index (χ1n) is 10.5. The number of nitrogens with two attached hydrogens (primary N) is 1. The number of aromatic nitrogens is 3. The number of anilines is 1. The van der Waals surface area contributed by atoms with Crippen LogP contribution >= 0.6 is 0 Å². The number of nitrogens with zero attached hydrogens (tertiary/aromatic N) is 6. The summed E-state index contributed by atoms with van der Waals surface area (Å²) in [6, 6.07) is 3.91. The summed E-state index contributed by atoms with van der Waals surface area (Å²) in [5.74, 6) is 0.677. The molecule has 2 aromatic rings. The molecule has 10 heteroatoms. The van der Waals surface area contributed by atoms with E-state index in [1.807, 2.05) is 25.4 Å². The lowest BCUT2D eigenvalue weighted by Gasteiger charge is -2.42. The van der Waals surface area contributed by atoms with Gasteiger partial charge in [0.05, 0.1) is 17.5 Å². The predicted octanol–water partition coefficient (Wildman–Crippen LogP) is 1.26. The number of esters is 1. The molecule has 0 saturated carbocycles. The minimum Gasteiger partial charge on any atom is -0.444 e. The SMILES string of the molecule is C[C@@H]1CCN(C(=O)CC#N)C[C@@H]1N(C)c1ncnc2c1ccn2COC(=O)CCCN. The summed E-state index contributed by atoms with van der Waals surface area (Å²) in [5, 5.41) is 9.69. The van der Waals surface area contributed by atoms with Gasteiger partial charge in [0.1, 0.15) is 24.2 Å². The maximum atomic E-state index is 12.2. The van der Waals surface area contributed by atoms with Gasteiger partial charge < -0.3 is 20.3 Å². The Bertz CT molecular complexity index is 968. The molecule has 0 aromatic carbocycles. The lowest BCUT2D eigenvalue weighted by atomic mass is 9.92. The number of carbonyl (C=O) groups is 2. The smallest absolute Gasteiger partial charge is 0.307 e. The van der Waals surface area contributed by atoms with Crippen LogP contribution in [0.3, 0.4) is 0 Å². The molecule has 1 fully saturated rings. The summed E-state index contributed by atoms with van der Waals surface area (Å²) in [4.78, 5) is 36.7. The van der Waals surface area contributed by atoms with Crippen molar-refractivity contribution in [3.8, 4) is 6.07 Å². The third-order valence-corrected chi connectivity index (χ3v) is 5.82. The monoisotopic (exact) mass is 427 g/mol. The molecule has 0 spiro atoms. The van der Waals surface area contributed by atoms with Crippen LogP contribution in [0.2, 0.25) is 0 Å². The van der Waals surface area contributed by atoms with E-state index in [2.05, 4.69) is 21.8 Å². The number of carbonyl (C=O) groups excluding carboxylic acids is 2. The van der Waals surface area contributed by atoms with Crippen LogP contribution in [0.4, 0.5) is 5.82 Å². The van der Waals surface area contributed by atoms with Gasteiger partial charge in [0.15, 0.2) is 6.73 Å². The van der Waals surface area contributed by atoms with Crippen molar-refractivity contribution in [3.05, 3.63) is 18.6 Å². The lowest BCUT2D eigenvalue weighted by molar-refractivity contribution is -0.147. The van der Waals surface area contributed by atoms with E-state index in [4.69, 9.17) is 15.7 Å². The van der Waals surface area contributed by atoms with Crippen molar-refractivity contribution in [3.63, 3.8) is 0 Å². The molecule has 2 aromatic heterocycles. The van der Waals surface area contributed by atoms with Gasteiger partial charge in [-0.1, -0.05) is 6.92 Å². The van der Waals surface area contributed by atoms with Gasteiger partial charge in [-0.05, 0) is 31.4 Å². The highest BCUT2D eigenvalue weighted by Crippen LogP contribution is 2.29. The van der Waals surface area contributed by atoms with Crippen molar-refractivity contribution in [2.75, 3.05) is 31.6 Å². The standard InChI is InChI=1S/C21H29N7O3/c1-15-6-10-27(18(29)5-9-23)12-17(15)26(2)20-16-7-11-28(21(16)25-13-24-20)14-31-19(30)4-3-8-22/h7,11,13,15,17H,3-6,8,10,12,14,22H2,1-2H3/t15-,17+/m1/s1. The van der Waals surface area contributed by atoms with Crippen LogP contribution in [0.1, 0.15) is 32.6 Å². The fourth-order valence-electron chi connectivity index (χ4n) is 3.95. The number of hydrogen-bond donors (Lipinski definition) is 1. The van der Waals surface area contributed by atoms with E-state index in [1.165, 1.54) is 6.33 Å². The van der Waals surface area contributed by atoms with E-state index in [9.17, 15) is 9.59 Å². The number of hydrogen-bond acceptors (Lipinski definition) is 8. The fourth-order valence-corrected chi connectivity index (χ4v) is 3.95. The zero-order valence-electron chi connectivity index (χ0n) is 18.0. The number of nitriles is 1. The molecule has 3 rings (SSSR count). The maximum absolute atomic E-state index is 12.2. The minimum absolute atomic E-state index is 0.0620. The van der Waals surface area contributed by atoms with Crippen LogP contribution < -0.4 is 10.6 Å². The van der Waals surface area contributed by atoms with Crippen molar-refractivity contribution in [1.82, 2.24) is 19.4 Å². The normalized spacial score (nSPS) is 18.6. The molecule has 0 bridgehead atoms. The minimum atomic E-state index is -0.295. The number of fused-ring (bicyclic) bond motifs is 1. The second-order valence-electron chi connectivity index (χ2n) is 7.88. The molecule has 10 nitrogen and oxygen atoms in total. The molecular formula is C21H29N7O3. The molecule has 31 heavy (non-hydrogen) atoms. The first-order valence-corrected chi connectivity index (χ1v) is 10.5. The Kier molecular flexibility index (Phi) is 7.41. The van der Waals surface area contributed by atoms with Crippen molar-refractivity contribution in [2.24, 2.45) is 11.7 Å². The quantitative estimate of drug-likeness (QED) is 0.623. The van der Waals surface area contributed by atoms with Crippen LogP contribution in [0, 0.1) is 17.2 Å². The van der Waals surface area contributed by atoms with Crippen LogP contribution in [0.25, 0.3) is 11.0 Å². The van der Waals surface area contributed by atoms with Crippen LogP contribution in [-0.2, 0) is 21.1 Å². The summed E-state index contributed by atoms with van der Waals surface area (Å²) < 4.78 is 7.08. The van der Waals surface area contributed by atoms with Crippen LogP contribution in [0.5, 0.6) is 0 Å². The van der Waals surface area contributed by atoms with E-state index in [0.717, 1.165) is 17.6 Å². The van der Waals surface area contributed by atoms with Gasteiger partial charge in [0, 0.05) is 32.8 Å². The van der Waals surface area contributed by atoms with Gasteiger partial charge in [0.25, 0.3) is 0 Å². The summed E-state index contributed by atoms with van der Waals surface area (Å²) in [5.41, 5.74) is 6.10. The second kappa shape index (κ2) is 10.2. The third kappa shape index (κ3) is 5.11. The lowest BCUT2D eigenvalue weighted by Crippen LogP contribution is -2.52. The predicted molar refractivity (Wildman–Crippen MR) is 115 cm³/mol. The Morgan fingerprint density at radius 1 is 1.42 bits per heavy atom. The summed E-state index contributed by atoms with van der Waals surface area (Å²) in [6.07, 6.45) is 4.96. The van der Waals surface area contributed by atoms with E-state index >= 15 is 0 Å². The first-order chi connectivity index (χ1) is 15.0. The molecule has 1 aliphatic heterocycles. The van der Waals surface area contributed by atoms with Gasteiger partial charge in [0.2, 0.25) is 5.91 Å². The van der Waals surface area contributed by atoms with E-state index in [1.54, 1.807) is 9.47 Å². The highest BCUT2D eigenvalue weighted by molar-refractivity contribution is 5.88. The summed E-state index contributed by atoms with van der Waals surface area (Å²) in [6.45, 7) is 3.89. The van der Waals surface area contributed by atoms with Crippen LogP contribution in [-0.4, -0.2) is 64.0 Å². The Balaban J connectivity index is 1.77. The molecule has 1 aliphatic rings. The molecule has 2 atom stereocenters. The van der Waals surface area contributed by atoms with E-state index < -0.39 is 0 Å². The average Bonchev–Trinajstić information content (AvgIpc) is 3.19. The highest BCUT2D eigenvalue weighted by atomic mass is 16.5. The fraction of sp³-hybridized carbons (Fsp3) is 0.571. The average molecular weight is 428 g/mol. The van der Waals surface area contributed by atoms with Crippen molar-refractivity contribution >= 4 is 28.7 Å². The molecule has 166 valence electrons. The topological polar surface area (TPSA) is 130 Å². The van der Waals surface area contributed by atoms with Gasteiger partial charge in [-0.15, -0.1) is 0 Å². The number of piperidine rings is 1. The molecule has 0 radical (unpaired) electrons. The van der Waals surface area contributed by atoms with E-state index in [0.29, 0.717) is 44.0 Å². The number of likely N-dealkylation sites (tertiary alicyclic amines) is 1. The van der Waals surface area contributed by atoms with Crippen molar-refractivity contribution < 1.29 is 14.3 Å². The Labute approximate surface area is 181 Å². The number of likely N-dealkylation sites (N-methyl/N-ethyl adjacent to an activating group) is 1. The molecule has 3 heterocycles. The number of rotatable bonds is 8. The third-order valence-electron chi connectivity index (χ3n) is 5.82. The van der Waals surface area contributed by atoms with Crippen molar-refractivity contribution in [1.29, 1.82) is 5.26 Å². The number of ether oxygens (including phenoxy) is 1. The van der Waals surface area contributed by atoms with Crippen LogP contribution in [0.15, 0.2) is 18.6 Å².